The minimum Gasteiger partial charge on any atom is -0.409 e. The van der Waals surface area contributed by atoms with Crippen molar-refractivity contribution in [2.75, 3.05) is 0 Å². The summed E-state index contributed by atoms with van der Waals surface area (Å²) >= 11 is 0. The van der Waals surface area contributed by atoms with Gasteiger partial charge in [-0.15, -0.1) is 0 Å². The molecule has 2 rings (SSSR count). The molecular formula is C15H22N2O2. The number of benzene rings is 1. The van der Waals surface area contributed by atoms with Gasteiger partial charge in [-0.2, -0.15) is 0 Å². The lowest BCUT2D eigenvalue weighted by Gasteiger charge is -2.26. The zero-order valence-corrected chi connectivity index (χ0v) is 11.4. The predicted molar refractivity (Wildman–Crippen MR) is 75.2 cm³/mol. The molecule has 0 radical (unpaired) electrons. The van der Waals surface area contributed by atoms with Crippen LogP contribution in [0.5, 0.6) is 0 Å². The van der Waals surface area contributed by atoms with Gasteiger partial charge in [0.05, 0.1) is 12.7 Å². The molecule has 0 saturated heterocycles. The summed E-state index contributed by atoms with van der Waals surface area (Å²) in [5.41, 5.74) is 7.36. The lowest BCUT2D eigenvalue weighted by molar-refractivity contribution is 0.00466. The fourth-order valence-electron chi connectivity index (χ4n) is 2.62. The van der Waals surface area contributed by atoms with Gasteiger partial charge < -0.3 is 15.7 Å². The van der Waals surface area contributed by atoms with E-state index in [2.05, 4.69) is 12.1 Å². The summed E-state index contributed by atoms with van der Waals surface area (Å²) in [5, 5.41) is 11.7. The third-order valence-electron chi connectivity index (χ3n) is 3.70. The quantitative estimate of drug-likeness (QED) is 0.379. The fraction of sp³-hybridized carbons (Fsp3) is 0.533. The number of oxime groups is 1. The molecule has 0 aromatic heterocycles. The van der Waals surface area contributed by atoms with Crippen LogP contribution in [0.1, 0.15) is 43.7 Å². The molecule has 2 atom stereocenters. The smallest absolute Gasteiger partial charge is 0.170 e. The first-order chi connectivity index (χ1) is 9.19. The monoisotopic (exact) mass is 262 g/mol. The van der Waals surface area contributed by atoms with Crippen molar-refractivity contribution in [3.05, 3.63) is 35.4 Å². The zero-order valence-electron chi connectivity index (χ0n) is 11.4. The summed E-state index contributed by atoms with van der Waals surface area (Å²) in [4.78, 5) is 0. The van der Waals surface area contributed by atoms with E-state index >= 15 is 0 Å². The second-order valence-electron chi connectivity index (χ2n) is 5.39. The normalized spacial score (nSPS) is 24.4. The van der Waals surface area contributed by atoms with Gasteiger partial charge in [0.1, 0.15) is 0 Å². The minimum atomic E-state index is 0.133. The van der Waals surface area contributed by atoms with Crippen LogP contribution >= 0.6 is 0 Å². The molecule has 0 spiro atoms. The first kappa shape index (κ1) is 13.9. The van der Waals surface area contributed by atoms with Crippen LogP contribution in [0.15, 0.2) is 29.4 Å². The number of hydrogen-bond donors (Lipinski definition) is 2. The van der Waals surface area contributed by atoms with Crippen LogP contribution in [-0.4, -0.2) is 17.1 Å². The van der Waals surface area contributed by atoms with E-state index in [9.17, 15) is 0 Å². The van der Waals surface area contributed by atoms with Crippen LogP contribution in [0.4, 0.5) is 0 Å². The second kappa shape index (κ2) is 6.57. The molecule has 1 aliphatic rings. The topological polar surface area (TPSA) is 67.8 Å². The number of hydrogen-bond acceptors (Lipinski definition) is 3. The highest BCUT2D eigenvalue weighted by molar-refractivity contribution is 5.97. The highest BCUT2D eigenvalue weighted by atomic mass is 16.5. The molecule has 1 aromatic rings. The summed E-state index contributed by atoms with van der Waals surface area (Å²) in [6.45, 7) is 2.87. The second-order valence-corrected chi connectivity index (χ2v) is 5.39. The molecule has 19 heavy (non-hydrogen) atoms. The van der Waals surface area contributed by atoms with Crippen molar-refractivity contribution < 1.29 is 9.94 Å². The van der Waals surface area contributed by atoms with Gasteiger partial charge in [0.25, 0.3) is 0 Å². The fourth-order valence-corrected chi connectivity index (χ4v) is 2.62. The van der Waals surface area contributed by atoms with Gasteiger partial charge in [-0.1, -0.05) is 43.1 Å². The Morgan fingerprint density at radius 1 is 1.47 bits per heavy atom. The third kappa shape index (κ3) is 3.96. The average molecular weight is 262 g/mol. The van der Waals surface area contributed by atoms with Gasteiger partial charge in [-0.25, -0.2) is 0 Å². The molecule has 2 unspecified atom stereocenters. The highest BCUT2D eigenvalue weighted by Crippen LogP contribution is 2.26. The predicted octanol–water partition coefficient (Wildman–Crippen LogP) is 2.88. The Kier molecular flexibility index (Phi) is 4.80. The van der Waals surface area contributed by atoms with Gasteiger partial charge in [-0.3, -0.25) is 0 Å². The Balaban J connectivity index is 1.92. The molecule has 104 valence electrons. The van der Waals surface area contributed by atoms with E-state index in [-0.39, 0.29) is 5.84 Å². The molecule has 1 aliphatic carbocycles. The molecular weight excluding hydrogens is 240 g/mol. The molecule has 0 heterocycles. The maximum Gasteiger partial charge on any atom is 0.170 e. The van der Waals surface area contributed by atoms with Crippen LogP contribution in [0.25, 0.3) is 0 Å². The number of nitrogens with two attached hydrogens (primary N) is 1. The first-order valence-corrected chi connectivity index (χ1v) is 6.87. The van der Waals surface area contributed by atoms with E-state index in [1.54, 1.807) is 0 Å². The van der Waals surface area contributed by atoms with E-state index in [1.807, 2.05) is 24.3 Å². The summed E-state index contributed by atoms with van der Waals surface area (Å²) < 4.78 is 5.96. The van der Waals surface area contributed by atoms with Crippen molar-refractivity contribution in [2.24, 2.45) is 16.8 Å². The SMILES string of the molecule is CC1CCCC(OCc2cccc(/C(N)=N/O)c2)C1. The van der Waals surface area contributed by atoms with Gasteiger partial charge in [0.15, 0.2) is 5.84 Å². The van der Waals surface area contributed by atoms with Crippen molar-refractivity contribution in [1.82, 2.24) is 0 Å². The zero-order chi connectivity index (χ0) is 13.7. The van der Waals surface area contributed by atoms with E-state index in [1.165, 1.54) is 12.8 Å². The molecule has 1 aromatic carbocycles. The van der Waals surface area contributed by atoms with Gasteiger partial charge >= 0.3 is 0 Å². The van der Waals surface area contributed by atoms with Gasteiger partial charge in [0, 0.05) is 5.56 Å². The number of rotatable bonds is 4. The lowest BCUT2D eigenvalue weighted by Crippen LogP contribution is -2.21. The van der Waals surface area contributed by atoms with Crippen molar-refractivity contribution in [2.45, 2.75) is 45.3 Å². The van der Waals surface area contributed by atoms with Crippen molar-refractivity contribution in [3.8, 4) is 0 Å². The lowest BCUT2D eigenvalue weighted by atomic mass is 9.89. The van der Waals surface area contributed by atoms with Crippen LogP contribution in [-0.2, 0) is 11.3 Å². The molecule has 0 bridgehead atoms. The Morgan fingerprint density at radius 2 is 2.32 bits per heavy atom. The molecule has 4 nitrogen and oxygen atoms in total. The molecule has 3 N–H and O–H groups in total. The van der Waals surface area contributed by atoms with E-state index in [4.69, 9.17) is 15.7 Å². The Bertz CT molecular complexity index is 446. The number of amidine groups is 1. The molecule has 1 saturated carbocycles. The Hall–Kier alpha value is -1.55. The van der Waals surface area contributed by atoms with Gasteiger partial charge in [0.2, 0.25) is 0 Å². The van der Waals surface area contributed by atoms with Crippen LogP contribution in [0, 0.1) is 5.92 Å². The average Bonchev–Trinajstić information content (AvgIpc) is 2.45. The number of nitrogens with zero attached hydrogens (tertiary/aromatic N) is 1. The summed E-state index contributed by atoms with van der Waals surface area (Å²) in [6.07, 6.45) is 5.26. The summed E-state index contributed by atoms with van der Waals surface area (Å²) in [7, 11) is 0. The number of ether oxygens (including phenoxy) is 1. The van der Waals surface area contributed by atoms with Crippen LogP contribution in [0.3, 0.4) is 0 Å². The van der Waals surface area contributed by atoms with E-state index in [0.717, 1.165) is 29.9 Å². The maximum absolute atomic E-state index is 8.67. The van der Waals surface area contributed by atoms with Crippen molar-refractivity contribution in [3.63, 3.8) is 0 Å². The highest BCUT2D eigenvalue weighted by Gasteiger charge is 2.19. The Labute approximate surface area is 114 Å². The third-order valence-corrected chi connectivity index (χ3v) is 3.70. The van der Waals surface area contributed by atoms with Crippen LogP contribution in [0.2, 0.25) is 0 Å². The van der Waals surface area contributed by atoms with Crippen molar-refractivity contribution >= 4 is 5.84 Å². The summed E-state index contributed by atoms with van der Waals surface area (Å²) in [5.74, 6) is 0.899. The largest absolute Gasteiger partial charge is 0.409 e. The molecule has 4 heteroatoms. The Morgan fingerprint density at radius 3 is 3.05 bits per heavy atom. The van der Waals surface area contributed by atoms with Crippen molar-refractivity contribution in [1.29, 1.82) is 0 Å². The summed E-state index contributed by atoms with van der Waals surface area (Å²) in [6, 6.07) is 7.62. The van der Waals surface area contributed by atoms with Gasteiger partial charge in [-0.05, 0) is 30.4 Å². The standard InChI is InChI=1S/C15H22N2O2/c1-11-4-2-7-14(8-11)19-10-12-5-3-6-13(9-12)15(16)17-18/h3,5-6,9,11,14,18H,2,4,7-8,10H2,1H3,(H2,16,17). The maximum atomic E-state index is 8.67. The minimum absolute atomic E-state index is 0.133. The van der Waals surface area contributed by atoms with Crippen LogP contribution < -0.4 is 5.73 Å². The molecule has 0 amide bonds. The van der Waals surface area contributed by atoms with E-state index in [0.29, 0.717) is 12.7 Å². The molecule has 0 aliphatic heterocycles. The first-order valence-electron chi connectivity index (χ1n) is 6.87. The van der Waals surface area contributed by atoms with E-state index < -0.39 is 0 Å². The molecule has 1 fully saturated rings.